The lowest BCUT2D eigenvalue weighted by Crippen LogP contribution is -2.53. The molecule has 6 fully saturated rings. The molecule has 18 rings (SSSR count). The number of amides is 3. The summed E-state index contributed by atoms with van der Waals surface area (Å²) in [6, 6.07) is 13.3. The average molecular weight is 1190 g/mol. The van der Waals surface area contributed by atoms with E-state index in [1.165, 1.54) is 30.6 Å². The van der Waals surface area contributed by atoms with Gasteiger partial charge in [0.1, 0.15) is 60.0 Å². The maximum absolute atomic E-state index is 14.2. The van der Waals surface area contributed by atoms with Crippen LogP contribution < -0.4 is 24.8 Å². The first-order valence-electron chi connectivity index (χ1n) is 30.9. The molecule has 2 aliphatic carbocycles. The van der Waals surface area contributed by atoms with E-state index in [4.69, 9.17) is 29.2 Å². The molecule has 12 aliphatic rings. The van der Waals surface area contributed by atoms with E-state index in [1.807, 2.05) is 23.1 Å². The molecule has 88 heavy (non-hydrogen) atoms. The summed E-state index contributed by atoms with van der Waals surface area (Å²) in [5.41, 5.74) is 8.96. The number of carbonyl (C=O) groups is 3. The van der Waals surface area contributed by atoms with Gasteiger partial charge in [-0.15, -0.1) is 0 Å². The number of carbonyl (C=O) groups excluding carboxylic acids is 3. The van der Waals surface area contributed by atoms with Crippen molar-refractivity contribution in [3.63, 3.8) is 0 Å². The second-order valence-corrected chi connectivity index (χ2v) is 24.8. The fourth-order valence-corrected chi connectivity index (χ4v) is 14.5. The third kappa shape index (κ3) is 9.71. The van der Waals surface area contributed by atoms with Gasteiger partial charge >= 0.3 is 0 Å². The summed E-state index contributed by atoms with van der Waals surface area (Å²) in [4.78, 5) is 83.7. The van der Waals surface area contributed by atoms with Crippen molar-refractivity contribution >= 4 is 35.2 Å². The number of pyridine rings is 5. The standard InChI is InChI=1S/C23H23FN4O2.2C21H20FN5O2/c24-15-5-6-21-18(10-15)20-4-2-8-28(20)22-17-9-14(11-25-19(17)12-26-22)23(29)27-7-1-3-16(27)13-30-21;22-13-7-15-17-2-1-5-27(17)18-14-6-12(8-23-16(14)10-24-18)19(28)26-21(3-4-21)11-29-20(15)25-9-13;22-12-7-14-17-2-1-5-27(17)19-13-6-11(8-23-16(13)10-24-19)20(28)26-15-3-4-18(15)29-21(14)25-9-12/h5-6,9-11,16,20H,1-4,7-8,12-13H2;6-9,17H,1-5,10-11H2,(H,26,28);6-9,15,17-18H,1-5,10H2,(H,26,28)/t16?,20-;17-;15?,17-,18?/m111/s1. The van der Waals surface area contributed by atoms with Gasteiger partial charge in [0.2, 0.25) is 11.8 Å². The van der Waals surface area contributed by atoms with Crippen LogP contribution in [0.4, 0.5) is 13.2 Å². The molecule has 6 bridgehead atoms. The van der Waals surface area contributed by atoms with Crippen LogP contribution in [0.1, 0.15) is 177 Å². The summed E-state index contributed by atoms with van der Waals surface area (Å²) in [5.74, 6) is 2.77. The SMILES string of the molecule is O=C1NC2(CC2)COc2ncc(F)cc2[C@H]2CCCN2C2=NCc3ncc1cc32.O=C1NC2CCC2Oc2ncc(F)cc2[C@H]2CCCN2C2=NCc3ncc1cc32.O=C1c2cnc3c(c2)C(=NC3)N2CCC[C@@H]2c2cc(F)ccc2OCC2CCCN12. The maximum atomic E-state index is 14.2. The van der Waals surface area contributed by atoms with Crippen LogP contribution in [0.15, 0.2) is 94.5 Å². The van der Waals surface area contributed by atoms with Crippen LogP contribution in [0.25, 0.3) is 0 Å². The number of aliphatic imine (C=N–C) groups is 3. The number of benzene rings is 1. The summed E-state index contributed by atoms with van der Waals surface area (Å²) in [6.07, 6.45) is 17.9. The zero-order valence-corrected chi connectivity index (χ0v) is 48.3. The topological polar surface area (TPSA) is 217 Å². The zero-order chi connectivity index (χ0) is 59.4. The van der Waals surface area contributed by atoms with Gasteiger partial charge in [0.05, 0.1) is 102 Å². The smallest absolute Gasteiger partial charge is 0.255 e. The normalized spacial score (nSPS) is 25.2. The molecule has 20 nitrogen and oxygen atoms in total. The monoisotopic (exact) mass is 1190 g/mol. The number of aromatic nitrogens is 5. The van der Waals surface area contributed by atoms with Crippen LogP contribution in [0.5, 0.6) is 17.5 Å². The van der Waals surface area contributed by atoms with Gasteiger partial charge < -0.3 is 44.4 Å². The molecule has 2 saturated carbocycles. The van der Waals surface area contributed by atoms with Crippen molar-refractivity contribution in [3.8, 4) is 17.5 Å². The molecule has 6 atom stereocenters. The van der Waals surface area contributed by atoms with Crippen LogP contribution in [0.2, 0.25) is 0 Å². The molecule has 3 unspecified atom stereocenters. The summed E-state index contributed by atoms with van der Waals surface area (Å²) < 4.78 is 61.0. The molecule has 15 heterocycles. The fraction of sp³-hybridized carbons (Fsp3) is 0.431. The van der Waals surface area contributed by atoms with Crippen LogP contribution in [-0.4, -0.2) is 143 Å². The van der Waals surface area contributed by atoms with Gasteiger partial charge in [-0.3, -0.25) is 44.3 Å². The van der Waals surface area contributed by atoms with Crippen LogP contribution in [0.3, 0.4) is 0 Å². The minimum absolute atomic E-state index is 0.000178. The van der Waals surface area contributed by atoms with E-state index >= 15 is 0 Å². The van der Waals surface area contributed by atoms with Crippen LogP contribution in [-0.2, 0) is 19.6 Å². The van der Waals surface area contributed by atoms with Crippen LogP contribution in [0, 0.1) is 17.5 Å². The predicted octanol–water partition coefficient (Wildman–Crippen LogP) is 8.05. The summed E-state index contributed by atoms with van der Waals surface area (Å²) in [5, 5.41) is 6.15. The Bertz CT molecular complexity index is 3990. The van der Waals surface area contributed by atoms with E-state index in [1.54, 1.807) is 30.7 Å². The van der Waals surface area contributed by atoms with Gasteiger partial charge in [-0.1, -0.05) is 0 Å². The second kappa shape index (κ2) is 21.7. The third-order valence-corrected chi connectivity index (χ3v) is 19.4. The highest BCUT2D eigenvalue weighted by Crippen LogP contribution is 2.45. The summed E-state index contributed by atoms with van der Waals surface area (Å²) in [6.45, 7) is 5.39. The summed E-state index contributed by atoms with van der Waals surface area (Å²) in [7, 11) is 0. The van der Waals surface area contributed by atoms with Crippen molar-refractivity contribution in [2.75, 3.05) is 39.4 Å². The second-order valence-electron chi connectivity index (χ2n) is 24.8. The largest absolute Gasteiger partial charge is 0.491 e. The lowest BCUT2D eigenvalue weighted by Gasteiger charge is -2.37. The molecule has 3 amide bonds. The number of amidine groups is 3. The fourth-order valence-electron chi connectivity index (χ4n) is 14.5. The van der Waals surface area contributed by atoms with Crippen molar-refractivity contribution in [1.82, 2.24) is 55.2 Å². The van der Waals surface area contributed by atoms with Gasteiger partial charge in [-0.25, -0.2) is 23.1 Å². The highest BCUT2D eigenvalue weighted by molar-refractivity contribution is 6.06. The molecule has 450 valence electrons. The van der Waals surface area contributed by atoms with Gasteiger partial charge in [0.25, 0.3) is 17.7 Å². The Balaban J connectivity index is 0.000000106. The molecule has 6 aromatic rings. The van der Waals surface area contributed by atoms with E-state index in [-0.39, 0.29) is 71.5 Å². The molecule has 5 aromatic heterocycles. The Morgan fingerprint density at radius 3 is 1.62 bits per heavy atom. The molecule has 4 saturated heterocycles. The average Bonchev–Trinajstić information content (AvgIpc) is 2.07. The zero-order valence-electron chi connectivity index (χ0n) is 48.3. The van der Waals surface area contributed by atoms with Crippen LogP contribution >= 0.6 is 0 Å². The van der Waals surface area contributed by atoms with Gasteiger partial charge in [0.15, 0.2) is 0 Å². The minimum atomic E-state index is -0.399. The van der Waals surface area contributed by atoms with E-state index < -0.39 is 5.54 Å². The van der Waals surface area contributed by atoms with E-state index in [9.17, 15) is 27.6 Å². The first kappa shape index (κ1) is 54.4. The Labute approximate surface area is 504 Å². The number of halogens is 3. The Morgan fingerprint density at radius 1 is 0.511 bits per heavy atom. The Hall–Kier alpha value is -9.02. The summed E-state index contributed by atoms with van der Waals surface area (Å²) >= 11 is 0. The minimum Gasteiger partial charge on any atom is -0.491 e. The lowest BCUT2D eigenvalue weighted by atomic mass is 9.88. The molecule has 1 spiro atoms. The highest BCUT2D eigenvalue weighted by atomic mass is 19.1. The first-order chi connectivity index (χ1) is 43.0. The van der Waals surface area contributed by atoms with Crippen molar-refractivity contribution in [2.45, 2.75) is 139 Å². The quantitative estimate of drug-likeness (QED) is 0.147. The maximum Gasteiger partial charge on any atom is 0.255 e. The van der Waals surface area contributed by atoms with Gasteiger partial charge in [-0.05, 0) is 126 Å². The molecule has 2 N–H and O–H groups in total. The van der Waals surface area contributed by atoms with Gasteiger partial charge in [0, 0.05) is 78.2 Å². The number of ether oxygens (including phenoxy) is 3. The molecule has 1 aromatic carbocycles. The molecular weight excluding hydrogens is 1130 g/mol. The van der Waals surface area contributed by atoms with Crippen molar-refractivity contribution < 1.29 is 41.8 Å². The van der Waals surface area contributed by atoms with E-state index in [2.05, 4.69) is 50.3 Å². The van der Waals surface area contributed by atoms with Crippen molar-refractivity contribution in [3.05, 3.63) is 164 Å². The van der Waals surface area contributed by atoms with Crippen molar-refractivity contribution in [2.24, 2.45) is 15.0 Å². The number of hydrogen-bond acceptors (Lipinski definition) is 17. The number of hydrogen-bond donors (Lipinski definition) is 2. The first-order valence-corrected chi connectivity index (χ1v) is 30.9. The molecule has 10 aliphatic heterocycles. The Kier molecular flexibility index (Phi) is 13.4. The van der Waals surface area contributed by atoms with Gasteiger partial charge in [-0.2, -0.15) is 0 Å². The number of rotatable bonds is 0. The van der Waals surface area contributed by atoms with E-state index in [0.29, 0.717) is 67.0 Å². The molecular formula is C65H63F3N14O6. The Morgan fingerprint density at radius 2 is 1.03 bits per heavy atom. The number of nitrogens with zero attached hydrogens (tertiary/aromatic N) is 12. The predicted molar refractivity (Wildman–Crippen MR) is 314 cm³/mol. The van der Waals surface area contributed by atoms with Crippen molar-refractivity contribution in [1.29, 1.82) is 0 Å². The number of fused-ring (bicyclic) bond motifs is 17. The number of nitrogens with one attached hydrogen (secondary N) is 2. The molecule has 0 radical (unpaired) electrons. The lowest BCUT2D eigenvalue weighted by molar-refractivity contribution is 0.0565. The third-order valence-electron chi connectivity index (χ3n) is 19.4. The van der Waals surface area contributed by atoms with E-state index in [0.717, 1.165) is 171 Å². The highest BCUT2D eigenvalue weighted by Gasteiger charge is 2.47. The molecule has 23 heteroatoms.